The highest BCUT2D eigenvalue weighted by molar-refractivity contribution is 7.12. The van der Waals surface area contributed by atoms with E-state index in [2.05, 4.69) is 5.32 Å². The van der Waals surface area contributed by atoms with Crippen LogP contribution in [0.15, 0.2) is 35.7 Å². The molecule has 0 aliphatic heterocycles. The molecule has 0 aliphatic rings. The monoisotopic (exact) mass is 398 g/mol. The molecule has 0 aliphatic carbocycles. The average Bonchev–Trinajstić information content (AvgIpc) is 3.10. The van der Waals surface area contributed by atoms with Crippen LogP contribution in [0.4, 0.5) is 0 Å². The first-order valence-electron chi connectivity index (χ1n) is 7.83. The van der Waals surface area contributed by atoms with E-state index in [-0.39, 0.29) is 17.7 Å². The van der Waals surface area contributed by atoms with E-state index in [0.717, 1.165) is 5.56 Å². The molecule has 1 aromatic carbocycles. The molecule has 0 fully saturated rings. The first-order chi connectivity index (χ1) is 11.8. The summed E-state index contributed by atoms with van der Waals surface area (Å²) >= 11 is 13.6. The van der Waals surface area contributed by atoms with Gasteiger partial charge in [0, 0.05) is 13.6 Å². The smallest absolute Gasteiger partial charge is 0.262 e. The Morgan fingerprint density at radius 3 is 2.52 bits per heavy atom. The molecule has 25 heavy (non-hydrogen) atoms. The highest BCUT2D eigenvalue weighted by Crippen LogP contribution is 2.26. The van der Waals surface area contributed by atoms with Crippen molar-refractivity contribution in [3.05, 3.63) is 56.2 Å². The molecule has 1 heterocycles. The van der Waals surface area contributed by atoms with Crippen molar-refractivity contribution in [2.75, 3.05) is 7.05 Å². The van der Waals surface area contributed by atoms with Crippen molar-refractivity contribution in [2.24, 2.45) is 5.92 Å². The fraction of sp³-hybridized carbons (Fsp3) is 0.333. The van der Waals surface area contributed by atoms with Gasteiger partial charge in [0.2, 0.25) is 5.91 Å². The van der Waals surface area contributed by atoms with Gasteiger partial charge >= 0.3 is 0 Å². The molecule has 7 heteroatoms. The summed E-state index contributed by atoms with van der Waals surface area (Å²) in [5, 5.41) is 5.55. The molecule has 0 radical (unpaired) electrons. The van der Waals surface area contributed by atoms with Gasteiger partial charge in [0.25, 0.3) is 5.91 Å². The standard InChI is InChI=1S/C18H20Cl2N2O2S/c1-11(2)16(21-17(23)14-8-5-9-25-14)18(24)22(3)10-12-6-4-7-13(19)15(12)20/h4-9,11,16H,10H2,1-3H3,(H,21,23)/t16-/m1/s1. The van der Waals surface area contributed by atoms with Crippen molar-refractivity contribution in [3.63, 3.8) is 0 Å². The van der Waals surface area contributed by atoms with Crippen LogP contribution in [0.1, 0.15) is 29.1 Å². The fourth-order valence-corrected chi connectivity index (χ4v) is 3.38. The lowest BCUT2D eigenvalue weighted by molar-refractivity contribution is -0.133. The Balaban J connectivity index is 2.11. The number of likely N-dealkylation sites (N-methyl/N-ethyl adjacent to an activating group) is 1. The summed E-state index contributed by atoms with van der Waals surface area (Å²) in [4.78, 5) is 27.3. The van der Waals surface area contributed by atoms with Crippen LogP contribution in [0.5, 0.6) is 0 Å². The van der Waals surface area contributed by atoms with Gasteiger partial charge in [-0.15, -0.1) is 11.3 Å². The van der Waals surface area contributed by atoms with Crippen molar-refractivity contribution in [1.82, 2.24) is 10.2 Å². The summed E-state index contributed by atoms with van der Waals surface area (Å²) in [6.45, 7) is 4.12. The molecule has 1 atom stereocenters. The Morgan fingerprint density at radius 1 is 1.20 bits per heavy atom. The first kappa shape index (κ1) is 19.8. The summed E-state index contributed by atoms with van der Waals surface area (Å²) in [5.74, 6) is -0.458. The molecule has 0 bridgehead atoms. The van der Waals surface area contributed by atoms with E-state index in [0.29, 0.717) is 21.5 Å². The summed E-state index contributed by atoms with van der Waals surface area (Å²) < 4.78 is 0. The van der Waals surface area contributed by atoms with E-state index in [1.54, 1.807) is 36.2 Å². The van der Waals surface area contributed by atoms with Gasteiger partial charge in [0.1, 0.15) is 6.04 Å². The predicted molar refractivity (Wildman–Crippen MR) is 103 cm³/mol. The zero-order valence-corrected chi connectivity index (χ0v) is 16.6. The lowest BCUT2D eigenvalue weighted by Crippen LogP contribution is -2.49. The third-order valence-electron chi connectivity index (χ3n) is 3.78. The Morgan fingerprint density at radius 2 is 1.92 bits per heavy atom. The minimum atomic E-state index is -0.613. The van der Waals surface area contributed by atoms with E-state index in [9.17, 15) is 9.59 Å². The molecule has 0 saturated heterocycles. The minimum absolute atomic E-state index is 0.0475. The molecule has 2 aromatic rings. The van der Waals surface area contributed by atoms with Crippen LogP contribution in [0, 0.1) is 5.92 Å². The van der Waals surface area contributed by atoms with Gasteiger partial charge in [-0.2, -0.15) is 0 Å². The van der Waals surface area contributed by atoms with Crippen molar-refractivity contribution in [1.29, 1.82) is 0 Å². The van der Waals surface area contributed by atoms with Crippen molar-refractivity contribution < 1.29 is 9.59 Å². The van der Waals surface area contributed by atoms with Crippen LogP contribution in [0.25, 0.3) is 0 Å². The van der Waals surface area contributed by atoms with Crippen LogP contribution in [-0.2, 0) is 11.3 Å². The molecule has 134 valence electrons. The number of rotatable bonds is 6. The van der Waals surface area contributed by atoms with Crippen LogP contribution in [0.3, 0.4) is 0 Å². The zero-order chi connectivity index (χ0) is 18.6. The Labute approximate surface area is 161 Å². The third-order valence-corrected chi connectivity index (χ3v) is 5.51. The van der Waals surface area contributed by atoms with Crippen LogP contribution in [-0.4, -0.2) is 29.8 Å². The number of hydrogen-bond acceptors (Lipinski definition) is 3. The predicted octanol–water partition coefficient (Wildman–Crippen LogP) is 4.47. The molecule has 2 amide bonds. The van der Waals surface area contributed by atoms with Crippen LogP contribution in [0.2, 0.25) is 10.0 Å². The normalized spacial score (nSPS) is 12.1. The molecular weight excluding hydrogens is 379 g/mol. The summed E-state index contributed by atoms with van der Waals surface area (Å²) in [6, 6.07) is 8.24. The van der Waals surface area contributed by atoms with Gasteiger partial charge in [-0.3, -0.25) is 9.59 Å². The quantitative estimate of drug-likeness (QED) is 0.779. The summed E-state index contributed by atoms with van der Waals surface area (Å²) in [6.07, 6.45) is 0. The number of nitrogens with one attached hydrogen (secondary N) is 1. The summed E-state index contributed by atoms with van der Waals surface area (Å²) in [5.41, 5.74) is 0.761. The second kappa shape index (κ2) is 8.70. The number of hydrogen-bond donors (Lipinski definition) is 1. The van der Waals surface area contributed by atoms with Gasteiger partial charge in [-0.05, 0) is 29.0 Å². The molecule has 1 aromatic heterocycles. The van der Waals surface area contributed by atoms with Crippen LogP contribution >= 0.6 is 34.5 Å². The van der Waals surface area contributed by atoms with Crippen molar-refractivity contribution >= 4 is 46.4 Å². The molecular formula is C18H20Cl2N2O2S. The topological polar surface area (TPSA) is 49.4 Å². The molecule has 0 unspecified atom stereocenters. The van der Waals surface area contributed by atoms with E-state index in [1.807, 2.05) is 25.3 Å². The largest absolute Gasteiger partial charge is 0.340 e. The number of carbonyl (C=O) groups excluding carboxylic acids is 2. The molecule has 2 rings (SSSR count). The number of amides is 2. The Bertz CT molecular complexity index is 748. The Kier molecular flexibility index (Phi) is 6.87. The van der Waals surface area contributed by atoms with E-state index >= 15 is 0 Å². The fourth-order valence-electron chi connectivity index (χ4n) is 2.38. The second-order valence-corrected chi connectivity index (χ2v) is 7.81. The number of halogens is 2. The molecule has 4 nitrogen and oxygen atoms in total. The van der Waals surface area contributed by atoms with Crippen LogP contribution < -0.4 is 5.32 Å². The maximum Gasteiger partial charge on any atom is 0.262 e. The number of nitrogens with zero attached hydrogens (tertiary/aromatic N) is 1. The minimum Gasteiger partial charge on any atom is -0.340 e. The Hall–Kier alpha value is -1.56. The number of benzene rings is 1. The average molecular weight is 399 g/mol. The SMILES string of the molecule is CC(C)[C@@H](NC(=O)c1cccs1)C(=O)N(C)Cc1cccc(Cl)c1Cl. The van der Waals surface area contributed by atoms with Gasteiger partial charge in [0.05, 0.1) is 14.9 Å². The maximum atomic E-state index is 12.8. The van der Waals surface area contributed by atoms with Gasteiger partial charge in [-0.1, -0.05) is 55.2 Å². The van der Waals surface area contributed by atoms with Crippen molar-refractivity contribution in [2.45, 2.75) is 26.4 Å². The second-order valence-electron chi connectivity index (χ2n) is 6.08. The highest BCUT2D eigenvalue weighted by Gasteiger charge is 2.28. The highest BCUT2D eigenvalue weighted by atomic mass is 35.5. The molecule has 0 saturated carbocycles. The lowest BCUT2D eigenvalue weighted by atomic mass is 10.0. The zero-order valence-electron chi connectivity index (χ0n) is 14.3. The van der Waals surface area contributed by atoms with Gasteiger partial charge < -0.3 is 10.2 Å². The van der Waals surface area contributed by atoms with E-state index < -0.39 is 6.04 Å². The number of thiophene rings is 1. The van der Waals surface area contributed by atoms with Gasteiger partial charge in [0.15, 0.2) is 0 Å². The molecule has 0 spiro atoms. The van der Waals surface area contributed by atoms with E-state index in [4.69, 9.17) is 23.2 Å². The lowest BCUT2D eigenvalue weighted by Gasteiger charge is -2.27. The van der Waals surface area contributed by atoms with Crippen molar-refractivity contribution in [3.8, 4) is 0 Å². The number of carbonyl (C=O) groups is 2. The summed E-state index contributed by atoms with van der Waals surface area (Å²) in [7, 11) is 1.69. The van der Waals surface area contributed by atoms with Gasteiger partial charge in [-0.25, -0.2) is 0 Å². The first-order valence-corrected chi connectivity index (χ1v) is 9.47. The van der Waals surface area contributed by atoms with E-state index in [1.165, 1.54) is 11.3 Å². The molecule has 1 N–H and O–H groups in total. The third kappa shape index (κ3) is 4.97. The maximum absolute atomic E-state index is 12.8.